The zero-order valence-electron chi connectivity index (χ0n) is 19.2. The third-order valence-corrected chi connectivity index (χ3v) is 6.89. The molecule has 7 heteroatoms. The largest absolute Gasteiger partial charge is 0.462 e. The Balaban J connectivity index is 1.62. The Morgan fingerprint density at radius 1 is 1.15 bits per heavy atom. The molecular formula is C27H26ClNO5. The van der Waals surface area contributed by atoms with Crippen LogP contribution in [-0.4, -0.2) is 25.2 Å². The first kappa shape index (κ1) is 22.5. The summed E-state index contributed by atoms with van der Waals surface area (Å²) in [7, 11) is 0. The molecule has 0 spiro atoms. The smallest absolute Gasteiger partial charge is 0.336 e. The standard InChI is InChI=1S/C27H26ClNO5/c1-3-9-32-27(31)24-15(2)29-20-10-17(16-7-5-4-6-8-16)11-21(30)26(20)25(24)18-12-22-23(13-19(18)28)34-14-33-22/h4-8,12-13,17,25,29H,3,9-11,14H2,1-2H3. The van der Waals surface area contributed by atoms with Gasteiger partial charge in [0.1, 0.15) is 0 Å². The van der Waals surface area contributed by atoms with Crippen molar-refractivity contribution in [1.82, 2.24) is 5.32 Å². The van der Waals surface area contributed by atoms with E-state index in [1.54, 1.807) is 12.1 Å². The molecule has 2 aliphatic heterocycles. The summed E-state index contributed by atoms with van der Waals surface area (Å²) < 4.78 is 16.6. The van der Waals surface area contributed by atoms with E-state index in [9.17, 15) is 9.59 Å². The van der Waals surface area contributed by atoms with Crippen LogP contribution < -0.4 is 14.8 Å². The van der Waals surface area contributed by atoms with Crippen molar-refractivity contribution in [3.8, 4) is 11.5 Å². The first-order valence-corrected chi connectivity index (χ1v) is 11.9. The fraction of sp³-hybridized carbons (Fsp3) is 0.333. The number of nitrogens with one attached hydrogen (secondary N) is 1. The number of halogens is 1. The maximum Gasteiger partial charge on any atom is 0.336 e. The fourth-order valence-electron chi connectivity index (χ4n) is 5.01. The van der Waals surface area contributed by atoms with Crippen LogP contribution in [-0.2, 0) is 14.3 Å². The summed E-state index contributed by atoms with van der Waals surface area (Å²) >= 11 is 6.70. The van der Waals surface area contributed by atoms with Gasteiger partial charge in [-0.15, -0.1) is 0 Å². The van der Waals surface area contributed by atoms with E-state index in [0.717, 1.165) is 11.3 Å². The van der Waals surface area contributed by atoms with Crippen LogP contribution >= 0.6 is 11.6 Å². The van der Waals surface area contributed by atoms with Crippen molar-refractivity contribution in [1.29, 1.82) is 0 Å². The molecule has 6 nitrogen and oxygen atoms in total. The van der Waals surface area contributed by atoms with E-state index in [1.807, 2.05) is 32.0 Å². The molecule has 0 bridgehead atoms. The monoisotopic (exact) mass is 479 g/mol. The number of allylic oxidation sites excluding steroid dienone is 3. The van der Waals surface area contributed by atoms with E-state index in [1.165, 1.54) is 0 Å². The molecule has 0 radical (unpaired) electrons. The van der Waals surface area contributed by atoms with Gasteiger partial charge in [-0.25, -0.2) is 4.79 Å². The molecule has 1 aliphatic carbocycles. The van der Waals surface area contributed by atoms with Crippen molar-refractivity contribution >= 4 is 23.4 Å². The lowest BCUT2D eigenvalue weighted by atomic mass is 9.71. The van der Waals surface area contributed by atoms with Crippen molar-refractivity contribution in [3.63, 3.8) is 0 Å². The Kier molecular flexibility index (Phi) is 6.09. The number of Topliss-reactive ketones (excluding diaryl/α,β-unsaturated/α-hetero) is 1. The van der Waals surface area contributed by atoms with Crippen LogP contribution in [0.1, 0.15) is 56.1 Å². The minimum atomic E-state index is -0.646. The van der Waals surface area contributed by atoms with Gasteiger partial charge in [0.2, 0.25) is 6.79 Å². The molecule has 0 aromatic heterocycles. The van der Waals surface area contributed by atoms with Crippen molar-refractivity contribution in [2.24, 2.45) is 0 Å². The highest BCUT2D eigenvalue weighted by molar-refractivity contribution is 6.32. The third kappa shape index (κ3) is 3.96. The van der Waals surface area contributed by atoms with Gasteiger partial charge in [0.05, 0.1) is 12.2 Å². The van der Waals surface area contributed by atoms with Gasteiger partial charge < -0.3 is 19.5 Å². The summed E-state index contributed by atoms with van der Waals surface area (Å²) in [6.45, 7) is 4.19. The Bertz CT molecular complexity index is 1220. The highest BCUT2D eigenvalue weighted by Gasteiger charge is 2.42. The fourth-order valence-corrected chi connectivity index (χ4v) is 5.27. The van der Waals surface area contributed by atoms with Crippen LogP contribution in [0.25, 0.3) is 0 Å². The average Bonchev–Trinajstić information content (AvgIpc) is 3.28. The predicted octanol–water partition coefficient (Wildman–Crippen LogP) is 5.38. The van der Waals surface area contributed by atoms with Crippen molar-refractivity contribution in [2.45, 2.75) is 44.9 Å². The Hall–Kier alpha value is -3.25. The molecular weight excluding hydrogens is 454 g/mol. The van der Waals surface area contributed by atoms with Crippen LogP contribution in [0.2, 0.25) is 5.02 Å². The second-order valence-corrected chi connectivity index (χ2v) is 9.20. The number of carbonyl (C=O) groups is 2. The number of hydrogen-bond donors (Lipinski definition) is 1. The lowest BCUT2D eigenvalue weighted by molar-refractivity contribution is -0.139. The normalized spacial score (nSPS) is 21.3. The quantitative estimate of drug-likeness (QED) is 0.580. The third-order valence-electron chi connectivity index (χ3n) is 6.56. The van der Waals surface area contributed by atoms with E-state index in [2.05, 4.69) is 17.4 Å². The summed E-state index contributed by atoms with van der Waals surface area (Å²) in [6.07, 6.45) is 1.73. The van der Waals surface area contributed by atoms with E-state index < -0.39 is 11.9 Å². The number of carbonyl (C=O) groups excluding carboxylic acids is 2. The number of rotatable bonds is 5. The Morgan fingerprint density at radius 3 is 2.62 bits per heavy atom. The number of ketones is 1. The molecule has 3 aliphatic rings. The van der Waals surface area contributed by atoms with E-state index in [0.29, 0.717) is 64.8 Å². The van der Waals surface area contributed by atoms with Gasteiger partial charge in [0, 0.05) is 40.4 Å². The maximum atomic E-state index is 13.7. The molecule has 0 saturated carbocycles. The van der Waals surface area contributed by atoms with E-state index in [4.69, 9.17) is 25.8 Å². The minimum Gasteiger partial charge on any atom is -0.462 e. The second-order valence-electron chi connectivity index (χ2n) is 8.79. The number of esters is 1. The van der Waals surface area contributed by atoms with Crippen LogP contribution in [0.5, 0.6) is 11.5 Å². The topological polar surface area (TPSA) is 73.9 Å². The Morgan fingerprint density at radius 2 is 1.88 bits per heavy atom. The highest BCUT2D eigenvalue weighted by Crippen LogP contribution is 2.49. The Labute approximate surface area is 203 Å². The van der Waals surface area contributed by atoms with Gasteiger partial charge in [-0.3, -0.25) is 4.79 Å². The van der Waals surface area contributed by atoms with Crippen molar-refractivity contribution < 1.29 is 23.8 Å². The van der Waals surface area contributed by atoms with Gasteiger partial charge >= 0.3 is 5.97 Å². The summed E-state index contributed by atoms with van der Waals surface area (Å²) in [5, 5.41) is 3.78. The van der Waals surface area contributed by atoms with Gasteiger partial charge in [0.25, 0.3) is 0 Å². The zero-order valence-corrected chi connectivity index (χ0v) is 19.9. The van der Waals surface area contributed by atoms with E-state index in [-0.39, 0.29) is 18.5 Å². The van der Waals surface area contributed by atoms with Crippen LogP contribution in [0.3, 0.4) is 0 Å². The summed E-state index contributed by atoms with van der Waals surface area (Å²) in [5.74, 6) is 0.0574. The molecule has 1 N–H and O–H groups in total. The first-order valence-electron chi connectivity index (χ1n) is 11.5. The number of benzene rings is 2. The molecule has 5 rings (SSSR count). The van der Waals surface area contributed by atoms with Gasteiger partial charge in [-0.1, -0.05) is 48.9 Å². The molecule has 0 amide bonds. The van der Waals surface area contributed by atoms with Gasteiger partial charge in [0.15, 0.2) is 17.3 Å². The molecule has 0 saturated heterocycles. The van der Waals surface area contributed by atoms with Gasteiger partial charge in [-0.05, 0) is 42.9 Å². The molecule has 2 heterocycles. The number of dihydropyridines is 1. The van der Waals surface area contributed by atoms with Gasteiger partial charge in [-0.2, -0.15) is 0 Å². The number of ether oxygens (including phenoxy) is 3. The molecule has 2 aromatic carbocycles. The SMILES string of the molecule is CCCOC(=O)C1=C(C)NC2=C(C(=O)CC(c3ccccc3)C2)C1c1cc2c(cc1Cl)OCO2. The zero-order chi connectivity index (χ0) is 23.8. The number of fused-ring (bicyclic) bond motifs is 1. The lowest BCUT2D eigenvalue weighted by Crippen LogP contribution is -2.36. The van der Waals surface area contributed by atoms with Crippen LogP contribution in [0.15, 0.2) is 65.0 Å². The van der Waals surface area contributed by atoms with E-state index >= 15 is 0 Å². The first-order chi connectivity index (χ1) is 16.5. The van der Waals surface area contributed by atoms with Crippen molar-refractivity contribution in [2.75, 3.05) is 13.4 Å². The molecule has 2 unspecified atom stereocenters. The highest BCUT2D eigenvalue weighted by atomic mass is 35.5. The van der Waals surface area contributed by atoms with Crippen molar-refractivity contribution in [3.05, 3.63) is 81.2 Å². The molecule has 2 atom stereocenters. The molecule has 0 fully saturated rings. The summed E-state index contributed by atoms with van der Waals surface area (Å²) in [6, 6.07) is 13.5. The lowest BCUT2D eigenvalue weighted by Gasteiger charge is -2.37. The predicted molar refractivity (Wildman–Crippen MR) is 128 cm³/mol. The second kappa shape index (κ2) is 9.18. The average molecular weight is 480 g/mol. The summed E-state index contributed by atoms with van der Waals surface area (Å²) in [5.41, 5.74) is 4.22. The maximum absolute atomic E-state index is 13.7. The molecule has 176 valence electrons. The number of hydrogen-bond acceptors (Lipinski definition) is 6. The molecule has 2 aromatic rings. The van der Waals surface area contributed by atoms with Crippen LogP contribution in [0, 0.1) is 0 Å². The minimum absolute atomic E-state index is 0.00497. The summed E-state index contributed by atoms with van der Waals surface area (Å²) in [4.78, 5) is 26.9. The van der Waals surface area contributed by atoms with Crippen LogP contribution in [0.4, 0.5) is 0 Å². The molecule has 34 heavy (non-hydrogen) atoms.